The largest absolute Gasteiger partial charge is 0.497 e. The number of nitrogens with zero attached hydrogens (tertiary/aromatic N) is 1. The molecule has 1 aromatic heterocycles. The van der Waals surface area contributed by atoms with E-state index in [1.165, 1.54) is 0 Å². The van der Waals surface area contributed by atoms with Gasteiger partial charge in [0.2, 0.25) is 0 Å². The fraction of sp³-hybridized carbons (Fsp3) is 0.267. The van der Waals surface area contributed by atoms with E-state index in [0.717, 1.165) is 34.3 Å². The van der Waals surface area contributed by atoms with E-state index >= 15 is 0 Å². The van der Waals surface area contributed by atoms with Gasteiger partial charge in [-0.25, -0.2) is 0 Å². The molecule has 0 aliphatic heterocycles. The van der Waals surface area contributed by atoms with Gasteiger partial charge in [0.05, 0.1) is 12.8 Å². The molecule has 0 atom stereocenters. The van der Waals surface area contributed by atoms with E-state index < -0.39 is 0 Å². The zero-order valence-electron chi connectivity index (χ0n) is 11.1. The molecule has 1 aromatic carbocycles. The molecular formula is C15H17ClN2O. The number of aromatic nitrogens is 1. The van der Waals surface area contributed by atoms with Crippen molar-refractivity contribution in [3.05, 3.63) is 58.4 Å². The average Bonchev–Trinajstić information content (AvgIpc) is 2.40. The first kappa shape index (κ1) is 13.8. The van der Waals surface area contributed by atoms with E-state index in [9.17, 15) is 0 Å². The van der Waals surface area contributed by atoms with Crippen LogP contribution in [0.4, 0.5) is 0 Å². The highest BCUT2D eigenvalue weighted by atomic mass is 35.5. The average molecular weight is 277 g/mol. The van der Waals surface area contributed by atoms with Crippen LogP contribution in [0.3, 0.4) is 0 Å². The van der Waals surface area contributed by atoms with E-state index in [0.29, 0.717) is 6.54 Å². The van der Waals surface area contributed by atoms with Crippen LogP contribution in [0.1, 0.15) is 17.0 Å². The van der Waals surface area contributed by atoms with Crippen LogP contribution in [0.15, 0.2) is 36.4 Å². The standard InChI is InChI=1S/C15H17ClN2O/c1-11-7-14(19-2)8-13(18-11)10-17-9-12-5-3-4-6-15(12)16/h3-8,17H,9-10H2,1-2H3. The number of benzene rings is 1. The summed E-state index contributed by atoms with van der Waals surface area (Å²) in [5.41, 5.74) is 3.00. The lowest BCUT2D eigenvalue weighted by molar-refractivity contribution is 0.412. The number of halogens is 1. The van der Waals surface area contributed by atoms with E-state index in [2.05, 4.69) is 10.3 Å². The van der Waals surface area contributed by atoms with Crippen LogP contribution in [0.2, 0.25) is 5.02 Å². The minimum Gasteiger partial charge on any atom is -0.497 e. The predicted octanol–water partition coefficient (Wildman–Crippen LogP) is 3.34. The molecule has 0 saturated heterocycles. The summed E-state index contributed by atoms with van der Waals surface area (Å²) in [5, 5.41) is 4.12. The number of nitrogens with one attached hydrogen (secondary N) is 1. The molecule has 2 aromatic rings. The van der Waals surface area contributed by atoms with Crippen molar-refractivity contribution < 1.29 is 4.74 Å². The molecule has 0 radical (unpaired) electrons. The second kappa shape index (κ2) is 6.55. The van der Waals surface area contributed by atoms with E-state index in [-0.39, 0.29) is 0 Å². The summed E-state index contributed by atoms with van der Waals surface area (Å²) in [6.07, 6.45) is 0. The second-order valence-corrected chi connectivity index (χ2v) is 4.74. The molecule has 19 heavy (non-hydrogen) atoms. The second-order valence-electron chi connectivity index (χ2n) is 4.33. The van der Waals surface area contributed by atoms with Gasteiger partial charge in [0, 0.05) is 35.9 Å². The number of rotatable bonds is 5. The molecule has 0 amide bonds. The molecule has 0 aliphatic rings. The normalized spacial score (nSPS) is 10.5. The summed E-state index contributed by atoms with van der Waals surface area (Å²) >= 11 is 6.10. The highest BCUT2D eigenvalue weighted by molar-refractivity contribution is 6.31. The molecule has 0 aliphatic carbocycles. The summed E-state index contributed by atoms with van der Waals surface area (Å²) < 4.78 is 5.23. The summed E-state index contributed by atoms with van der Waals surface area (Å²) in [6, 6.07) is 11.7. The summed E-state index contributed by atoms with van der Waals surface area (Å²) in [6.45, 7) is 3.36. The Morgan fingerprint density at radius 2 is 2.00 bits per heavy atom. The number of aryl methyl sites for hydroxylation is 1. The summed E-state index contributed by atoms with van der Waals surface area (Å²) in [4.78, 5) is 4.46. The van der Waals surface area contributed by atoms with Crippen LogP contribution >= 0.6 is 11.6 Å². The van der Waals surface area contributed by atoms with Crippen LogP contribution in [-0.2, 0) is 13.1 Å². The van der Waals surface area contributed by atoms with Crippen molar-refractivity contribution >= 4 is 11.6 Å². The molecule has 2 rings (SSSR count). The van der Waals surface area contributed by atoms with Gasteiger partial charge < -0.3 is 10.1 Å². The van der Waals surface area contributed by atoms with Crippen molar-refractivity contribution in [1.29, 1.82) is 0 Å². The Hall–Kier alpha value is -1.58. The number of pyridine rings is 1. The summed E-state index contributed by atoms with van der Waals surface area (Å²) in [7, 11) is 1.66. The lowest BCUT2D eigenvalue weighted by atomic mass is 10.2. The van der Waals surface area contributed by atoms with Crippen LogP contribution in [0, 0.1) is 6.92 Å². The Morgan fingerprint density at radius 3 is 2.74 bits per heavy atom. The zero-order chi connectivity index (χ0) is 13.7. The maximum Gasteiger partial charge on any atom is 0.122 e. The van der Waals surface area contributed by atoms with E-state index in [1.807, 2.05) is 43.3 Å². The first-order chi connectivity index (χ1) is 9.19. The molecular weight excluding hydrogens is 260 g/mol. The lowest BCUT2D eigenvalue weighted by Gasteiger charge is -2.08. The van der Waals surface area contributed by atoms with Crippen molar-refractivity contribution in [3.63, 3.8) is 0 Å². The molecule has 1 heterocycles. The maximum atomic E-state index is 6.10. The first-order valence-corrected chi connectivity index (χ1v) is 6.52. The highest BCUT2D eigenvalue weighted by Crippen LogP contribution is 2.15. The molecule has 0 unspecified atom stereocenters. The minimum absolute atomic E-state index is 0.684. The molecule has 0 bridgehead atoms. The molecule has 100 valence electrons. The van der Waals surface area contributed by atoms with Gasteiger partial charge in [-0.1, -0.05) is 29.8 Å². The van der Waals surface area contributed by atoms with Gasteiger partial charge in [-0.2, -0.15) is 0 Å². The third-order valence-electron chi connectivity index (χ3n) is 2.80. The fourth-order valence-corrected chi connectivity index (χ4v) is 2.08. The molecule has 0 fully saturated rings. The van der Waals surface area contributed by atoms with Gasteiger partial charge in [0.1, 0.15) is 5.75 Å². The molecule has 1 N–H and O–H groups in total. The minimum atomic E-state index is 0.684. The van der Waals surface area contributed by atoms with Crippen LogP contribution < -0.4 is 10.1 Å². The predicted molar refractivity (Wildman–Crippen MR) is 77.5 cm³/mol. The number of hydrogen-bond acceptors (Lipinski definition) is 3. The molecule has 3 nitrogen and oxygen atoms in total. The van der Waals surface area contributed by atoms with Gasteiger partial charge in [0.15, 0.2) is 0 Å². The molecule has 0 spiro atoms. The van der Waals surface area contributed by atoms with Crippen molar-refractivity contribution in [2.75, 3.05) is 7.11 Å². The van der Waals surface area contributed by atoms with Gasteiger partial charge in [-0.3, -0.25) is 4.98 Å². The Kier molecular flexibility index (Phi) is 4.77. The Labute approximate surface area is 118 Å². The quantitative estimate of drug-likeness (QED) is 0.909. The monoisotopic (exact) mass is 276 g/mol. The van der Waals surface area contributed by atoms with Crippen molar-refractivity contribution in [3.8, 4) is 5.75 Å². The Morgan fingerprint density at radius 1 is 1.21 bits per heavy atom. The summed E-state index contributed by atoms with van der Waals surface area (Å²) in [5.74, 6) is 0.835. The zero-order valence-corrected chi connectivity index (χ0v) is 11.9. The highest BCUT2D eigenvalue weighted by Gasteiger charge is 2.02. The third-order valence-corrected chi connectivity index (χ3v) is 3.16. The SMILES string of the molecule is COc1cc(C)nc(CNCc2ccccc2Cl)c1. The van der Waals surface area contributed by atoms with Crippen LogP contribution in [-0.4, -0.2) is 12.1 Å². The number of ether oxygens (including phenoxy) is 1. The maximum absolute atomic E-state index is 6.10. The van der Waals surface area contributed by atoms with Gasteiger partial charge in [-0.15, -0.1) is 0 Å². The van der Waals surface area contributed by atoms with Gasteiger partial charge in [-0.05, 0) is 18.6 Å². The van der Waals surface area contributed by atoms with Gasteiger partial charge >= 0.3 is 0 Å². The molecule has 4 heteroatoms. The van der Waals surface area contributed by atoms with Gasteiger partial charge in [0.25, 0.3) is 0 Å². The Bertz CT molecular complexity index is 558. The fourth-order valence-electron chi connectivity index (χ4n) is 1.88. The Balaban J connectivity index is 1.96. The van der Waals surface area contributed by atoms with Crippen molar-refractivity contribution in [1.82, 2.24) is 10.3 Å². The number of methoxy groups -OCH3 is 1. The van der Waals surface area contributed by atoms with E-state index in [1.54, 1.807) is 7.11 Å². The van der Waals surface area contributed by atoms with Crippen molar-refractivity contribution in [2.45, 2.75) is 20.0 Å². The topological polar surface area (TPSA) is 34.1 Å². The third kappa shape index (κ3) is 3.94. The first-order valence-electron chi connectivity index (χ1n) is 6.14. The number of hydrogen-bond donors (Lipinski definition) is 1. The van der Waals surface area contributed by atoms with Crippen LogP contribution in [0.25, 0.3) is 0 Å². The van der Waals surface area contributed by atoms with Crippen molar-refractivity contribution in [2.24, 2.45) is 0 Å². The van der Waals surface area contributed by atoms with Crippen LogP contribution in [0.5, 0.6) is 5.75 Å². The smallest absolute Gasteiger partial charge is 0.122 e. The molecule has 0 saturated carbocycles. The van der Waals surface area contributed by atoms with E-state index in [4.69, 9.17) is 16.3 Å². The lowest BCUT2D eigenvalue weighted by Crippen LogP contribution is -2.14.